The number of carbonyl (C=O) groups is 1. The van der Waals surface area contributed by atoms with E-state index in [1.807, 2.05) is 0 Å². The third-order valence-corrected chi connectivity index (χ3v) is 2.40. The van der Waals surface area contributed by atoms with Crippen LogP contribution in [-0.2, 0) is 0 Å². The Balaban J connectivity index is 2.31. The minimum Gasteiger partial charge on any atom is -0.465 e. The number of nitrogens with one attached hydrogen (secondary N) is 2. The molecule has 1 unspecified atom stereocenters. The Morgan fingerprint density at radius 2 is 1.86 bits per heavy atom. The molecule has 3 N–H and O–H groups in total. The Bertz CT molecular complexity index is 211. The van der Waals surface area contributed by atoms with Gasteiger partial charge in [0.1, 0.15) is 0 Å². The maximum Gasteiger partial charge on any atom is 0.404 e. The molecule has 0 radical (unpaired) electrons. The predicted molar refractivity (Wildman–Crippen MR) is 55.5 cm³/mol. The predicted octanol–water partition coefficient (Wildman–Crippen LogP) is 1.56. The number of hydrogen-bond acceptors (Lipinski definition) is 2. The van der Waals surface area contributed by atoms with Gasteiger partial charge in [0.15, 0.2) is 0 Å². The van der Waals surface area contributed by atoms with E-state index in [2.05, 4.69) is 31.4 Å². The number of rotatable bonds is 2. The standard InChI is InChI=1S/C10H20N2O2/c1-10(2,3)12-8-5-4-7(6-8)11-9(13)14/h7-8,11-12H,4-6H2,1-3H3,(H,13,14)/t7?,8-/m0/s1. The summed E-state index contributed by atoms with van der Waals surface area (Å²) in [6, 6.07) is 0.583. The second-order valence-corrected chi connectivity index (χ2v) is 5.05. The lowest BCUT2D eigenvalue weighted by atomic mass is 10.1. The summed E-state index contributed by atoms with van der Waals surface area (Å²) in [6.45, 7) is 6.39. The van der Waals surface area contributed by atoms with Crippen LogP contribution in [0.25, 0.3) is 0 Å². The van der Waals surface area contributed by atoms with Crippen LogP contribution in [0.2, 0.25) is 0 Å². The summed E-state index contributed by atoms with van der Waals surface area (Å²) in [5, 5.41) is 14.6. The molecule has 4 heteroatoms. The summed E-state index contributed by atoms with van der Waals surface area (Å²) in [5.41, 5.74) is 0.114. The van der Waals surface area contributed by atoms with Crippen LogP contribution in [0.3, 0.4) is 0 Å². The van der Waals surface area contributed by atoms with Crippen molar-refractivity contribution < 1.29 is 9.90 Å². The Labute approximate surface area is 85.1 Å². The van der Waals surface area contributed by atoms with E-state index >= 15 is 0 Å². The van der Waals surface area contributed by atoms with Gasteiger partial charge in [0.25, 0.3) is 0 Å². The molecule has 0 heterocycles. The molecular formula is C10H20N2O2. The van der Waals surface area contributed by atoms with Crippen molar-refractivity contribution in [3.63, 3.8) is 0 Å². The molecule has 1 aliphatic rings. The van der Waals surface area contributed by atoms with Crippen molar-refractivity contribution in [3.05, 3.63) is 0 Å². The van der Waals surface area contributed by atoms with Crippen molar-refractivity contribution in [3.8, 4) is 0 Å². The molecule has 0 aromatic rings. The number of carboxylic acid groups (broad SMARTS) is 1. The summed E-state index contributed by atoms with van der Waals surface area (Å²) in [6.07, 6.45) is 2.00. The van der Waals surface area contributed by atoms with E-state index in [0.717, 1.165) is 19.3 Å². The van der Waals surface area contributed by atoms with Gasteiger partial charge in [-0.25, -0.2) is 4.79 Å². The summed E-state index contributed by atoms with van der Waals surface area (Å²) in [7, 11) is 0. The van der Waals surface area contributed by atoms with Crippen LogP contribution in [0, 0.1) is 0 Å². The summed E-state index contributed by atoms with van der Waals surface area (Å²) >= 11 is 0. The second kappa shape index (κ2) is 4.17. The van der Waals surface area contributed by atoms with Crippen LogP contribution < -0.4 is 10.6 Å². The van der Waals surface area contributed by atoms with Gasteiger partial charge in [-0.15, -0.1) is 0 Å². The first-order valence-electron chi connectivity index (χ1n) is 5.14. The number of amides is 1. The third-order valence-electron chi connectivity index (χ3n) is 2.40. The highest BCUT2D eigenvalue weighted by atomic mass is 16.4. The molecular weight excluding hydrogens is 180 g/mol. The highest BCUT2D eigenvalue weighted by Gasteiger charge is 2.28. The van der Waals surface area contributed by atoms with Crippen molar-refractivity contribution in [1.29, 1.82) is 0 Å². The Morgan fingerprint density at radius 1 is 1.29 bits per heavy atom. The van der Waals surface area contributed by atoms with Crippen LogP contribution in [0.4, 0.5) is 4.79 Å². The zero-order valence-electron chi connectivity index (χ0n) is 9.13. The normalized spacial score (nSPS) is 27.6. The molecule has 0 aromatic carbocycles. The van der Waals surface area contributed by atoms with Gasteiger partial charge >= 0.3 is 6.09 Å². The van der Waals surface area contributed by atoms with E-state index in [0.29, 0.717) is 6.04 Å². The van der Waals surface area contributed by atoms with Gasteiger partial charge in [0.05, 0.1) is 0 Å². The van der Waals surface area contributed by atoms with Crippen molar-refractivity contribution in [2.45, 2.75) is 57.7 Å². The van der Waals surface area contributed by atoms with Gasteiger partial charge in [-0.2, -0.15) is 0 Å². The lowest BCUT2D eigenvalue weighted by Gasteiger charge is -2.25. The van der Waals surface area contributed by atoms with Gasteiger partial charge in [0.2, 0.25) is 0 Å². The summed E-state index contributed by atoms with van der Waals surface area (Å²) < 4.78 is 0. The first kappa shape index (κ1) is 11.3. The van der Waals surface area contributed by atoms with E-state index < -0.39 is 6.09 Å². The lowest BCUT2D eigenvalue weighted by Crippen LogP contribution is -2.43. The molecule has 1 fully saturated rings. The molecule has 0 spiro atoms. The first-order valence-corrected chi connectivity index (χ1v) is 5.14. The smallest absolute Gasteiger partial charge is 0.404 e. The molecule has 1 amide bonds. The fraction of sp³-hybridized carbons (Fsp3) is 0.900. The molecule has 82 valence electrons. The average molecular weight is 200 g/mol. The number of hydrogen-bond donors (Lipinski definition) is 3. The molecule has 2 atom stereocenters. The monoisotopic (exact) mass is 200 g/mol. The van der Waals surface area contributed by atoms with Crippen LogP contribution in [0.5, 0.6) is 0 Å². The third kappa shape index (κ3) is 3.96. The minimum absolute atomic E-state index is 0.114. The molecule has 0 bridgehead atoms. The SMILES string of the molecule is CC(C)(C)N[C@H]1CCC(NC(=O)O)C1. The van der Waals surface area contributed by atoms with Gasteiger partial charge in [0, 0.05) is 17.6 Å². The highest BCUT2D eigenvalue weighted by molar-refractivity contribution is 5.64. The van der Waals surface area contributed by atoms with Gasteiger partial charge in [-0.05, 0) is 40.0 Å². The Hall–Kier alpha value is -0.770. The molecule has 1 aliphatic carbocycles. The van der Waals surface area contributed by atoms with Crippen LogP contribution in [-0.4, -0.2) is 28.8 Å². The van der Waals surface area contributed by atoms with E-state index in [4.69, 9.17) is 5.11 Å². The van der Waals surface area contributed by atoms with Crippen molar-refractivity contribution in [2.24, 2.45) is 0 Å². The molecule has 0 aliphatic heterocycles. The minimum atomic E-state index is -0.911. The highest BCUT2D eigenvalue weighted by Crippen LogP contribution is 2.21. The molecule has 0 aromatic heterocycles. The molecule has 0 saturated heterocycles. The quantitative estimate of drug-likeness (QED) is 0.634. The Kier molecular flexibility index (Phi) is 3.37. The van der Waals surface area contributed by atoms with Gasteiger partial charge < -0.3 is 15.7 Å². The molecule has 4 nitrogen and oxygen atoms in total. The van der Waals surface area contributed by atoms with Crippen molar-refractivity contribution in [2.75, 3.05) is 0 Å². The second-order valence-electron chi connectivity index (χ2n) is 5.05. The largest absolute Gasteiger partial charge is 0.465 e. The zero-order chi connectivity index (χ0) is 10.8. The fourth-order valence-electron chi connectivity index (χ4n) is 2.03. The Morgan fingerprint density at radius 3 is 2.36 bits per heavy atom. The molecule has 1 saturated carbocycles. The van der Waals surface area contributed by atoms with E-state index in [1.165, 1.54) is 0 Å². The van der Waals surface area contributed by atoms with Gasteiger partial charge in [-0.1, -0.05) is 0 Å². The maximum atomic E-state index is 10.4. The summed E-state index contributed by atoms with van der Waals surface area (Å²) in [4.78, 5) is 10.4. The zero-order valence-corrected chi connectivity index (χ0v) is 9.13. The average Bonchev–Trinajstić information content (AvgIpc) is 2.30. The molecule has 14 heavy (non-hydrogen) atoms. The summed E-state index contributed by atoms with van der Waals surface area (Å²) in [5.74, 6) is 0. The molecule has 1 rings (SSSR count). The first-order chi connectivity index (χ1) is 6.37. The van der Waals surface area contributed by atoms with E-state index in [1.54, 1.807) is 0 Å². The topological polar surface area (TPSA) is 61.4 Å². The lowest BCUT2D eigenvalue weighted by molar-refractivity contribution is 0.190. The van der Waals surface area contributed by atoms with Crippen LogP contribution in [0.1, 0.15) is 40.0 Å². The van der Waals surface area contributed by atoms with Crippen molar-refractivity contribution >= 4 is 6.09 Å². The van der Waals surface area contributed by atoms with E-state index in [9.17, 15) is 4.79 Å². The van der Waals surface area contributed by atoms with Crippen molar-refractivity contribution in [1.82, 2.24) is 10.6 Å². The van der Waals surface area contributed by atoms with Crippen LogP contribution >= 0.6 is 0 Å². The van der Waals surface area contributed by atoms with Crippen LogP contribution in [0.15, 0.2) is 0 Å². The fourth-order valence-corrected chi connectivity index (χ4v) is 2.03. The van der Waals surface area contributed by atoms with Gasteiger partial charge in [-0.3, -0.25) is 0 Å². The maximum absolute atomic E-state index is 10.4. The van der Waals surface area contributed by atoms with E-state index in [-0.39, 0.29) is 11.6 Å².